The third-order valence-electron chi connectivity index (χ3n) is 2.58. The standard InChI is InChI=1S/C10H16N2O3/c11-12-10(14)8-3-1-2-4-9(6-5-8)15-7-13/h2,4,7-9H,1,3,5-6,11H2,(H,12,14)/b4-2+. The number of hydrazine groups is 1. The molecule has 1 aliphatic carbocycles. The average Bonchev–Trinajstić information content (AvgIpc) is 2.22. The molecule has 0 aliphatic heterocycles. The lowest BCUT2D eigenvalue weighted by molar-refractivity contribution is -0.132. The van der Waals surface area contributed by atoms with Crippen LogP contribution in [-0.4, -0.2) is 18.5 Å². The van der Waals surface area contributed by atoms with Crippen molar-refractivity contribution < 1.29 is 14.3 Å². The van der Waals surface area contributed by atoms with Crippen molar-refractivity contribution in [3.05, 3.63) is 12.2 Å². The number of hydrogen-bond acceptors (Lipinski definition) is 4. The lowest BCUT2D eigenvalue weighted by Crippen LogP contribution is -2.36. The van der Waals surface area contributed by atoms with Gasteiger partial charge in [-0.1, -0.05) is 6.08 Å². The van der Waals surface area contributed by atoms with Crippen LogP contribution < -0.4 is 11.3 Å². The topological polar surface area (TPSA) is 81.4 Å². The van der Waals surface area contributed by atoms with Gasteiger partial charge in [-0.2, -0.15) is 0 Å². The quantitative estimate of drug-likeness (QED) is 0.231. The Morgan fingerprint density at radius 2 is 2.27 bits per heavy atom. The number of ether oxygens (including phenoxy) is 1. The molecular weight excluding hydrogens is 196 g/mol. The number of nitrogens with one attached hydrogen (secondary N) is 1. The van der Waals surface area contributed by atoms with Crippen molar-refractivity contribution in [2.45, 2.75) is 31.8 Å². The fourth-order valence-electron chi connectivity index (χ4n) is 1.72. The molecule has 0 fully saturated rings. The monoisotopic (exact) mass is 212 g/mol. The van der Waals surface area contributed by atoms with Crippen molar-refractivity contribution in [2.24, 2.45) is 11.8 Å². The SMILES string of the molecule is NNC(=O)C1CC/C=C/C(OC=O)CC1. The van der Waals surface area contributed by atoms with Gasteiger partial charge in [0.25, 0.3) is 6.47 Å². The Hall–Kier alpha value is -1.36. The van der Waals surface area contributed by atoms with Crippen molar-refractivity contribution in [1.29, 1.82) is 0 Å². The number of carbonyl (C=O) groups is 2. The van der Waals surface area contributed by atoms with Crippen LogP contribution >= 0.6 is 0 Å². The molecule has 0 aromatic heterocycles. The minimum atomic E-state index is -0.212. The summed E-state index contributed by atoms with van der Waals surface area (Å²) in [5.41, 5.74) is 2.16. The van der Waals surface area contributed by atoms with Crippen molar-refractivity contribution >= 4 is 12.4 Å². The van der Waals surface area contributed by atoms with Gasteiger partial charge in [0.2, 0.25) is 5.91 Å². The number of nitrogens with two attached hydrogens (primary N) is 1. The van der Waals surface area contributed by atoms with Gasteiger partial charge in [-0.05, 0) is 31.8 Å². The maximum absolute atomic E-state index is 11.3. The van der Waals surface area contributed by atoms with Crippen LogP contribution in [0, 0.1) is 5.92 Å². The van der Waals surface area contributed by atoms with E-state index in [0.717, 1.165) is 12.8 Å². The summed E-state index contributed by atoms with van der Waals surface area (Å²) >= 11 is 0. The zero-order valence-electron chi connectivity index (χ0n) is 8.52. The Morgan fingerprint density at radius 3 is 2.93 bits per heavy atom. The molecule has 1 aliphatic rings. The molecule has 84 valence electrons. The van der Waals surface area contributed by atoms with E-state index in [1.54, 1.807) is 0 Å². The predicted octanol–water partition coefficient (Wildman–Crippen LogP) is 0.264. The molecule has 15 heavy (non-hydrogen) atoms. The largest absolute Gasteiger partial charge is 0.460 e. The molecule has 0 bridgehead atoms. The molecule has 0 saturated carbocycles. The summed E-state index contributed by atoms with van der Waals surface area (Å²) in [5.74, 6) is 4.85. The van der Waals surface area contributed by atoms with E-state index in [4.69, 9.17) is 10.6 Å². The maximum atomic E-state index is 11.3. The number of allylic oxidation sites excluding steroid dienone is 1. The van der Waals surface area contributed by atoms with E-state index in [2.05, 4.69) is 5.43 Å². The van der Waals surface area contributed by atoms with Gasteiger partial charge in [-0.3, -0.25) is 15.0 Å². The summed E-state index contributed by atoms with van der Waals surface area (Å²) < 4.78 is 4.85. The van der Waals surface area contributed by atoms with Gasteiger partial charge in [0.1, 0.15) is 6.10 Å². The van der Waals surface area contributed by atoms with Crippen molar-refractivity contribution in [3.8, 4) is 0 Å². The van der Waals surface area contributed by atoms with Crippen LogP contribution in [0.4, 0.5) is 0 Å². The molecule has 0 spiro atoms. The van der Waals surface area contributed by atoms with E-state index >= 15 is 0 Å². The summed E-state index contributed by atoms with van der Waals surface area (Å²) in [7, 11) is 0. The van der Waals surface area contributed by atoms with Gasteiger partial charge in [0.15, 0.2) is 0 Å². The second-order valence-electron chi connectivity index (χ2n) is 3.56. The number of carbonyl (C=O) groups excluding carboxylic acids is 2. The molecule has 2 unspecified atom stereocenters. The molecule has 1 rings (SSSR count). The highest BCUT2D eigenvalue weighted by Crippen LogP contribution is 2.20. The highest BCUT2D eigenvalue weighted by molar-refractivity contribution is 5.77. The third-order valence-corrected chi connectivity index (χ3v) is 2.58. The van der Waals surface area contributed by atoms with Crippen molar-refractivity contribution in [2.75, 3.05) is 0 Å². The van der Waals surface area contributed by atoms with Crippen LogP contribution in [0.3, 0.4) is 0 Å². The second kappa shape index (κ2) is 6.19. The molecule has 0 aromatic carbocycles. The lowest BCUT2D eigenvalue weighted by Gasteiger charge is -2.19. The Balaban J connectivity index is 2.51. The molecule has 5 nitrogen and oxygen atoms in total. The number of amides is 1. The molecule has 5 heteroatoms. The van der Waals surface area contributed by atoms with E-state index in [0.29, 0.717) is 19.3 Å². The normalized spacial score (nSPS) is 28.3. The molecule has 0 heterocycles. The summed E-state index contributed by atoms with van der Waals surface area (Å²) in [5, 5.41) is 0. The molecular formula is C10H16N2O3. The van der Waals surface area contributed by atoms with Crippen LogP contribution in [0.1, 0.15) is 25.7 Å². The highest BCUT2D eigenvalue weighted by atomic mass is 16.5. The first kappa shape index (κ1) is 11.7. The van der Waals surface area contributed by atoms with Gasteiger partial charge < -0.3 is 4.74 Å². The van der Waals surface area contributed by atoms with E-state index in [1.807, 2.05) is 12.2 Å². The molecule has 2 atom stereocenters. The van der Waals surface area contributed by atoms with Crippen LogP contribution in [0.5, 0.6) is 0 Å². The van der Waals surface area contributed by atoms with Gasteiger partial charge in [0.05, 0.1) is 0 Å². The van der Waals surface area contributed by atoms with Crippen LogP contribution in [0.25, 0.3) is 0 Å². The zero-order chi connectivity index (χ0) is 11.1. The summed E-state index contributed by atoms with van der Waals surface area (Å²) in [6.45, 7) is 0.439. The Bertz CT molecular complexity index is 253. The lowest BCUT2D eigenvalue weighted by atomic mass is 9.92. The van der Waals surface area contributed by atoms with Crippen LogP contribution in [-0.2, 0) is 14.3 Å². The van der Waals surface area contributed by atoms with Crippen molar-refractivity contribution in [3.63, 3.8) is 0 Å². The first-order chi connectivity index (χ1) is 7.27. The smallest absolute Gasteiger partial charge is 0.293 e. The van der Waals surface area contributed by atoms with E-state index in [1.165, 1.54) is 0 Å². The van der Waals surface area contributed by atoms with Gasteiger partial charge in [-0.15, -0.1) is 0 Å². The van der Waals surface area contributed by atoms with Gasteiger partial charge in [0, 0.05) is 5.92 Å². The average molecular weight is 212 g/mol. The summed E-state index contributed by atoms with van der Waals surface area (Å²) in [4.78, 5) is 21.5. The Morgan fingerprint density at radius 1 is 1.47 bits per heavy atom. The van der Waals surface area contributed by atoms with E-state index < -0.39 is 0 Å². The maximum Gasteiger partial charge on any atom is 0.293 e. The molecule has 0 radical (unpaired) electrons. The van der Waals surface area contributed by atoms with E-state index in [-0.39, 0.29) is 17.9 Å². The van der Waals surface area contributed by atoms with Gasteiger partial charge in [-0.25, -0.2) is 5.84 Å². The molecule has 1 amide bonds. The van der Waals surface area contributed by atoms with Crippen LogP contribution in [0.15, 0.2) is 12.2 Å². The number of rotatable bonds is 3. The Kier molecular flexibility index (Phi) is 4.83. The zero-order valence-corrected chi connectivity index (χ0v) is 8.52. The first-order valence-corrected chi connectivity index (χ1v) is 5.04. The van der Waals surface area contributed by atoms with Crippen molar-refractivity contribution in [1.82, 2.24) is 5.43 Å². The number of hydrogen-bond donors (Lipinski definition) is 2. The fourth-order valence-corrected chi connectivity index (χ4v) is 1.72. The predicted molar refractivity (Wildman–Crippen MR) is 54.4 cm³/mol. The third kappa shape index (κ3) is 3.71. The van der Waals surface area contributed by atoms with Gasteiger partial charge >= 0.3 is 0 Å². The second-order valence-corrected chi connectivity index (χ2v) is 3.56. The molecule has 0 aromatic rings. The minimum absolute atomic E-state index is 0.0855. The summed E-state index contributed by atoms with van der Waals surface area (Å²) in [6, 6.07) is 0. The first-order valence-electron chi connectivity index (χ1n) is 5.04. The summed E-state index contributed by atoms with van der Waals surface area (Å²) in [6.07, 6.45) is 6.52. The fraction of sp³-hybridized carbons (Fsp3) is 0.600. The highest BCUT2D eigenvalue weighted by Gasteiger charge is 2.20. The van der Waals surface area contributed by atoms with E-state index in [9.17, 15) is 9.59 Å². The minimum Gasteiger partial charge on any atom is -0.460 e. The molecule has 0 saturated heterocycles. The molecule has 3 N–H and O–H groups in total. The Labute approximate surface area is 88.6 Å². The van der Waals surface area contributed by atoms with Crippen LogP contribution in [0.2, 0.25) is 0 Å².